The number of allylic oxidation sites excluding steroid dienone is 4. The number of Topliss-reactive ketones (excluding diaryl/α,β-unsaturated/α-hetero) is 1. The van der Waals surface area contributed by atoms with Gasteiger partial charge in [0.15, 0.2) is 11.5 Å². The summed E-state index contributed by atoms with van der Waals surface area (Å²) in [4.78, 5) is 13.5. The van der Waals surface area contributed by atoms with Crippen LogP contribution in [0.15, 0.2) is 63.4 Å². The summed E-state index contributed by atoms with van der Waals surface area (Å²) in [5, 5.41) is 17.1. The number of nitriles is 1. The molecular formula is C31H36BrN3O3. The third kappa shape index (κ3) is 5.91. The van der Waals surface area contributed by atoms with Crippen LogP contribution in [0.3, 0.4) is 0 Å². The Bertz CT molecular complexity index is 1320. The van der Waals surface area contributed by atoms with Gasteiger partial charge in [-0.25, -0.2) is 0 Å². The number of anilines is 1. The Morgan fingerprint density at radius 3 is 2.71 bits per heavy atom. The van der Waals surface area contributed by atoms with E-state index in [1.807, 2.05) is 43.3 Å². The van der Waals surface area contributed by atoms with Crippen LogP contribution in [0.25, 0.3) is 0 Å². The van der Waals surface area contributed by atoms with Gasteiger partial charge in [0, 0.05) is 29.4 Å². The zero-order valence-electron chi connectivity index (χ0n) is 22.8. The molecule has 0 aromatic heterocycles. The highest BCUT2D eigenvalue weighted by Gasteiger charge is 2.38. The molecule has 2 aromatic carbocycles. The molecule has 2 aliphatic rings. The molecule has 0 saturated heterocycles. The second-order valence-corrected chi connectivity index (χ2v) is 11.3. The lowest BCUT2D eigenvalue weighted by molar-refractivity contribution is -0.117. The fourth-order valence-corrected chi connectivity index (χ4v) is 6.07. The zero-order valence-corrected chi connectivity index (χ0v) is 24.4. The Morgan fingerprint density at radius 1 is 1.24 bits per heavy atom. The molecule has 1 heterocycles. The Morgan fingerprint density at radius 2 is 2.03 bits per heavy atom. The van der Waals surface area contributed by atoms with Crippen molar-refractivity contribution >= 4 is 27.4 Å². The first kappa shape index (κ1) is 27.8. The summed E-state index contributed by atoms with van der Waals surface area (Å²) in [5.41, 5.74) is 5.79. The van der Waals surface area contributed by atoms with E-state index in [1.165, 1.54) is 0 Å². The van der Waals surface area contributed by atoms with E-state index < -0.39 is 5.92 Å². The number of ether oxygens (including phenoxy) is 2. The van der Waals surface area contributed by atoms with Crippen LogP contribution in [0, 0.1) is 17.2 Å². The van der Waals surface area contributed by atoms with Crippen molar-refractivity contribution in [2.45, 2.75) is 71.9 Å². The SMILES string of the molecule is CCCC1CC(=O)C2=C(C1)NC(C)=C(C#N)C2c1cc(Br)c(OCc2cccc(OC)c2)c(NC(C)C)c1. The third-order valence-electron chi connectivity index (χ3n) is 7.09. The molecule has 0 amide bonds. The number of methoxy groups -OCH3 is 1. The van der Waals surface area contributed by atoms with Crippen LogP contribution >= 0.6 is 15.9 Å². The van der Waals surface area contributed by atoms with Crippen LogP contribution in [0.1, 0.15) is 70.4 Å². The minimum absolute atomic E-state index is 0.135. The van der Waals surface area contributed by atoms with Gasteiger partial charge in [0.05, 0.1) is 34.8 Å². The van der Waals surface area contributed by atoms with Gasteiger partial charge in [-0.2, -0.15) is 5.26 Å². The molecule has 2 atom stereocenters. The molecule has 0 bridgehead atoms. The van der Waals surface area contributed by atoms with Crippen molar-refractivity contribution < 1.29 is 14.3 Å². The van der Waals surface area contributed by atoms with Crippen molar-refractivity contribution in [3.05, 3.63) is 74.5 Å². The summed E-state index contributed by atoms with van der Waals surface area (Å²) in [6.07, 6.45) is 3.44. The average molecular weight is 579 g/mol. The van der Waals surface area contributed by atoms with E-state index in [9.17, 15) is 10.1 Å². The number of benzene rings is 2. The van der Waals surface area contributed by atoms with E-state index in [0.29, 0.717) is 30.3 Å². The molecule has 38 heavy (non-hydrogen) atoms. The van der Waals surface area contributed by atoms with Gasteiger partial charge >= 0.3 is 0 Å². The van der Waals surface area contributed by atoms with Gasteiger partial charge in [0.25, 0.3) is 0 Å². The van der Waals surface area contributed by atoms with Crippen LogP contribution in [0.4, 0.5) is 5.69 Å². The predicted octanol–water partition coefficient (Wildman–Crippen LogP) is 7.37. The van der Waals surface area contributed by atoms with Crippen molar-refractivity contribution in [2.24, 2.45) is 5.92 Å². The second kappa shape index (κ2) is 12.1. The maximum atomic E-state index is 13.5. The predicted molar refractivity (Wildman–Crippen MR) is 154 cm³/mol. The molecule has 1 aliphatic heterocycles. The van der Waals surface area contributed by atoms with Crippen molar-refractivity contribution in [3.63, 3.8) is 0 Å². The fraction of sp³-hybridized carbons (Fsp3) is 0.419. The summed E-state index contributed by atoms with van der Waals surface area (Å²) >= 11 is 3.74. The minimum atomic E-state index is -0.414. The molecule has 1 aliphatic carbocycles. The summed E-state index contributed by atoms with van der Waals surface area (Å²) in [6.45, 7) is 8.59. The first-order valence-corrected chi connectivity index (χ1v) is 14.0. The number of carbonyl (C=O) groups is 1. The smallest absolute Gasteiger partial charge is 0.161 e. The van der Waals surface area contributed by atoms with E-state index in [4.69, 9.17) is 9.47 Å². The number of rotatable bonds is 9. The summed E-state index contributed by atoms with van der Waals surface area (Å²) in [6, 6.07) is 14.4. The minimum Gasteiger partial charge on any atom is -0.497 e. The van der Waals surface area contributed by atoms with Crippen molar-refractivity contribution in [3.8, 4) is 17.6 Å². The second-order valence-electron chi connectivity index (χ2n) is 10.4. The third-order valence-corrected chi connectivity index (χ3v) is 7.68. The zero-order chi connectivity index (χ0) is 27.4. The van der Waals surface area contributed by atoms with Crippen molar-refractivity contribution in [1.82, 2.24) is 5.32 Å². The van der Waals surface area contributed by atoms with Gasteiger partial charge in [-0.3, -0.25) is 4.79 Å². The lowest BCUT2D eigenvalue weighted by Gasteiger charge is -2.36. The first-order chi connectivity index (χ1) is 18.2. The molecule has 2 N–H and O–H groups in total. The summed E-state index contributed by atoms with van der Waals surface area (Å²) in [5.74, 6) is 1.53. The fourth-order valence-electron chi connectivity index (χ4n) is 5.48. The molecule has 4 rings (SSSR count). The summed E-state index contributed by atoms with van der Waals surface area (Å²) < 4.78 is 12.4. The van der Waals surface area contributed by atoms with E-state index in [2.05, 4.69) is 53.4 Å². The quantitative estimate of drug-likeness (QED) is 0.323. The van der Waals surface area contributed by atoms with Gasteiger partial charge in [-0.15, -0.1) is 0 Å². The lowest BCUT2D eigenvalue weighted by Crippen LogP contribution is -2.34. The van der Waals surface area contributed by atoms with Gasteiger partial charge < -0.3 is 20.1 Å². The Kier molecular flexibility index (Phi) is 8.83. The highest BCUT2D eigenvalue weighted by Crippen LogP contribution is 2.47. The Labute approximate surface area is 234 Å². The maximum absolute atomic E-state index is 13.5. The van der Waals surface area contributed by atoms with Crippen LogP contribution in [0.5, 0.6) is 11.5 Å². The number of carbonyl (C=O) groups excluding carboxylic acids is 1. The number of hydrogen-bond donors (Lipinski definition) is 2. The summed E-state index contributed by atoms with van der Waals surface area (Å²) in [7, 11) is 1.65. The molecule has 0 fully saturated rings. The van der Waals surface area contributed by atoms with Gasteiger partial charge in [-0.1, -0.05) is 25.5 Å². The number of ketones is 1. The molecular weight excluding hydrogens is 542 g/mol. The highest BCUT2D eigenvalue weighted by atomic mass is 79.9. The monoisotopic (exact) mass is 577 g/mol. The van der Waals surface area contributed by atoms with Crippen LogP contribution in [0.2, 0.25) is 0 Å². The maximum Gasteiger partial charge on any atom is 0.161 e. The van der Waals surface area contributed by atoms with Gasteiger partial charge in [0.2, 0.25) is 0 Å². The number of hydrogen-bond acceptors (Lipinski definition) is 6. The molecule has 7 heteroatoms. The van der Waals surface area contributed by atoms with E-state index in [0.717, 1.165) is 63.3 Å². The molecule has 200 valence electrons. The van der Waals surface area contributed by atoms with E-state index in [1.54, 1.807) is 7.11 Å². The number of nitrogens with zero attached hydrogens (tertiary/aromatic N) is 1. The van der Waals surface area contributed by atoms with E-state index in [-0.39, 0.29) is 11.8 Å². The highest BCUT2D eigenvalue weighted by molar-refractivity contribution is 9.10. The number of dihydropyridines is 1. The van der Waals surface area contributed by atoms with E-state index >= 15 is 0 Å². The van der Waals surface area contributed by atoms with Crippen molar-refractivity contribution in [2.75, 3.05) is 12.4 Å². The molecule has 0 radical (unpaired) electrons. The molecule has 0 saturated carbocycles. The first-order valence-electron chi connectivity index (χ1n) is 13.2. The lowest BCUT2D eigenvalue weighted by atomic mass is 9.72. The van der Waals surface area contributed by atoms with Gasteiger partial charge in [-0.05, 0) is 90.9 Å². The molecule has 6 nitrogen and oxygen atoms in total. The standard InChI is InChI=1S/C31H36BrN3O3/c1-6-8-20-12-26-30(28(36)13-20)29(24(16-33)19(4)35-26)22-14-25(32)31(27(15-22)34-18(2)3)38-17-21-9-7-10-23(11-21)37-5/h7,9-11,14-15,18,20,29,34-35H,6,8,12-13,17H2,1-5H3. The van der Waals surface area contributed by atoms with Crippen LogP contribution < -0.4 is 20.1 Å². The average Bonchev–Trinajstić information content (AvgIpc) is 2.87. The van der Waals surface area contributed by atoms with Crippen LogP contribution in [-0.4, -0.2) is 18.9 Å². The van der Waals surface area contributed by atoms with Gasteiger partial charge in [0.1, 0.15) is 12.4 Å². The Hall–Kier alpha value is -3.24. The Balaban J connectivity index is 1.75. The molecule has 2 aromatic rings. The topological polar surface area (TPSA) is 83.4 Å². The molecule has 2 unspecified atom stereocenters. The van der Waals surface area contributed by atoms with Crippen molar-refractivity contribution in [1.29, 1.82) is 5.26 Å². The molecule has 0 spiro atoms. The largest absolute Gasteiger partial charge is 0.497 e. The van der Waals surface area contributed by atoms with Crippen LogP contribution in [-0.2, 0) is 11.4 Å². The number of halogens is 1. The normalized spacial score (nSPS) is 19.2. The number of nitrogens with one attached hydrogen (secondary N) is 2.